The molecular weight excluding hydrogens is 934 g/mol. The number of aliphatic carboxylic acids is 1. The summed E-state index contributed by atoms with van der Waals surface area (Å²) in [5, 5.41) is 69.9. The van der Waals surface area contributed by atoms with Gasteiger partial charge in [-0.15, -0.1) is 11.8 Å². The van der Waals surface area contributed by atoms with E-state index < -0.39 is 99.1 Å². The number of hydrogen-bond donors (Lipinski definition) is 9. The van der Waals surface area contributed by atoms with Crippen LogP contribution in [0.4, 0.5) is 0 Å². The number of aliphatic hydroxyl groups is 6. The van der Waals surface area contributed by atoms with Gasteiger partial charge in [0.2, 0.25) is 0 Å². The third-order valence-corrected chi connectivity index (χ3v) is 13.4. The summed E-state index contributed by atoms with van der Waals surface area (Å²) in [6.45, 7) is 2.78. The lowest BCUT2D eigenvalue weighted by molar-refractivity contribution is -0.220. The van der Waals surface area contributed by atoms with Gasteiger partial charge in [-0.1, -0.05) is 132 Å². The van der Waals surface area contributed by atoms with Crippen molar-refractivity contribution in [1.29, 1.82) is 0 Å². The Labute approximate surface area is 414 Å². The molecule has 1 fully saturated rings. The zero-order chi connectivity index (χ0) is 51.3. The molecule has 1 saturated carbocycles. The average Bonchev–Trinajstić information content (AvgIpc) is 3.32. The molecule has 17 nitrogen and oxygen atoms in total. The van der Waals surface area contributed by atoms with Crippen LogP contribution in [0.3, 0.4) is 0 Å². The molecule has 0 radical (unpaired) electrons. The summed E-state index contributed by atoms with van der Waals surface area (Å²) < 4.78 is 33.7. The molecule has 10 N–H and O–H groups in total. The first-order valence-corrected chi connectivity index (χ1v) is 27.2. The van der Waals surface area contributed by atoms with E-state index in [1.807, 2.05) is 18.2 Å². The summed E-state index contributed by atoms with van der Waals surface area (Å²) in [4.78, 5) is 47.6. The number of carboxylic acids is 1. The van der Waals surface area contributed by atoms with Gasteiger partial charge in [0.15, 0.2) is 6.10 Å². The van der Waals surface area contributed by atoms with Gasteiger partial charge >= 0.3 is 25.7 Å². The zero-order valence-electron chi connectivity index (χ0n) is 40.7. The molecule has 1 rings (SSSR count). The standard InChI is InChI=1S/C50H84NO16PS/c1-3-5-7-9-11-13-15-17-18-19-21-23-25-27-29-34-43(55)66-38(36-65-68(62,63)67-49-47(59)45(57)44(56)46(58)48(49)60)35-64-50(61)39(51)37-69-41(40(52)31-30-33-42(53)54)32-28-26-24-22-20-16-14-12-10-8-6-4-2/h11-14,17-18,20,22,24,26,28,32,38-41,44-49,52,56-60H,3-10,15-16,19,21,23,25,27,29-31,33-37,51H2,1-2H3,(H,53,54)(H,62,63)/b13-11-,14-12-,18-17-,22-20-,26-24+,32-28+/t38-,39+,40+,41-,44?,45-,46+,47-,48-,49?/m1/s1. The van der Waals surface area contributed by atoms with Crippen LogP contribution in [0, 0.1) is 0 Å². The maximum absolute atomic E-state index is 13.1. The molecule has 0 heterocycles. The fourth-order valence-corrected chi connectivity index (χ4v) is 8.97. The van der Waals surface area contributed by atoms with Gasteiger partial charge in [-0.3, -0.25) is 23.4 Å². The number of thioether (sulfide) groups is 1. The highest BCUT2D eigenvalue weighted by molar-refractivity contribution is 8.00. The first kappa shape index (κ1) is 64.0. The molecule has 3 unspecified atom stereocenters. The minimum Gasteiger partial charge on any atom is -0.481 e. The van der Waals surface area contributed by atoms with Gasteiger partial charge in [-0.05, 0) is 70.6 Å². The quantitative estimate of drug-likeness (QED) is 0.0100. The molecule has 0 saturated heterocycles. The fraction of sp³-hybridized carbons (Fsp3) is 0.700. The second-order valence-electron chi connectivity index (χ2n) is 17.2. The summed E-state index contributed by atoms with van der Waals surface area (Å²) in [6.07, 6.45) is 25.5. The summed E-state index contributed by atoms with van der Waals surface area (Å²) in [6, 6.07) is -1.26. The van der Waals surface area contributed by atoms with E-state index in [0.717, 1.165) is 69.5 Å². The Morgan fingerprint density at radius 3 is 1.80 bits per heavy atom. The van der Waals surface area contributed by atoms with E-state index in [9.17, 15) is 54.5 Å². The van der Waals surface area contributed by atoms with Crippen LogP contribution >= 0.6 is 19.6 Å². The van der Waals surface area contributed by atoms with Crippen molar-refractivity contribution in [2.24, 2.45) is 5.73 Å². The van der Waals surface area contributed by atoms with E-state index in [1.54, 1.807) is 18.2 Å². The maximum atomic E-state index is 13.1. The van der Waals surface area contributed by atoms with Gasteiger partial charge < -0.3 is 55.8 Å². The topological polar surface area (TPSA) is 293 Å². The van der Waals surface area contributed by atoms with Crippen molar-refractivity contribution in [3.05, 3.63) is 72.9 Å². The van der Waals surface area contributed by atoms with Crippen LogP contribution < -0.4 is 5.73 Å². The maximum Gasteiger partial charge on any atom is 0.472 e. The third kappa shape index (κ3) is 31.2. The Balaban J connectivity index is 2.89. The number of phosphoric acid groups is 1. The van der Waals surface area contributed by atoms with Crippen LogP contribution in [0.25, 0.3) is 0 Å². The number of carbonyl (C=O) groups is 3. The molecular formula is C50H84NO16PS. The Hall–Kier alpha value is -2.97. The molecule has 0 aromatic heterocycles. The zero-order valence-corrected chi connectivity index (χ0v) is 42.5. The Kier molecular flexibility index (Phi) is 36.8. The van der Waals surface area contributed by atoms with Crippen molar-refractivity contribution in [1.82, 2.24) is 0 Å². The molecule has 69 heavy (non-hydrogen) atoms. The molecule has 0 aromatic rings. The monoisotopic (exact) mass is 1020 g/mol. The predicted molar refractivity (Wildman–Crippen MR) is 268 cm³/mol. The van der Waals surface area contributed by atoms with Gasteiger partial charge in [-0.2, -0.15) is 0 Å². The number of esters is 2. The molecule has 396 valence electrons. The van der Waals surface area contributed by atoms with Crippen molar-refractivity contribution >= 4 is 37.5 Å². The second-order valence-corrected chi connectivity index (χ2v) is 19.8. The molecule has 1 aliphatic carbocycles. The van der Waals surface area contributed by atoms with E-state index >= 15 is 0 Å². The fourth-order valence-electron chi connectivity index (χ4n) is 6.88. The molecule has 0 bridgehead atoms. The first-order chi connectivity index (χ1) is 33.0. The van der Waals surface area contributed by atoms with Gasteiger partial charge in [-0.25, -0.2) is 4.57 Å². The minimum atomic E-state index is -5.26. The highest BCUT2D eigenvalue weighted by Gasteiger charge is 2.51. The molecule has 0 spiro atoms. The van der Waals surface area contributed by atoms with E-state index in [4.69, 9.17) is 29.4 Å². The SMILES string of the molecule is CCCCC/C=C\C\C=C/C=C/C=C/[C@@H](SC[C@H](N)C(=O)OC[C@H](COP(=O)(O)OC1[C@H](O)[C@H](O)C(O)[C@H](O)[C@H]1O)OC(=O)CCCCCCC/C=C\C/C=C\CCCCC)[C@@H](O)CCCC(=O)O. The Morgan fingerprint density at radius 1 is 0.667 bits per heavy atom. The van der Waals surface area contributed by atoms with Crippen LogP contribution in [0.15, 0.2) is 72.9 Å². The van der Waals surface area contributed by atoms with Gasteiger partial charge in [0.1, 0.15) is 49.3 Å². The van der Waals surface area contributed by atoms with Crippen molar-refractivity contribution < 1.29 is 78.1 Å². The molecule has 0 aromatic carbocycles. The number of phosphoric ester groups is 1. The number of hydrogen-bond acceptors (Lipinski definition) is 16. The molecule has 19 heteroatoms. The molecule has 11 atom stereocenters. The van der Waals surface area contributed by atoms with Crippen LogP contribution in [-0.2, 0) is 37.5 Å². The normalized spacial score (nSPS) is 22.8. The Bertz CT molecular complexity index is 1610. The lowest BCUT2D eigenvalue weighted by atomic mass is 9.85. The van der Waals surface area contributed by atoms with Crippen molar-refractivity contribution in [3.8, 4) is 0 Å². The summed E-state index contributed by atoms with van der Waals surface area (Å²) in [7, 11) is -5.26. The van der Waals surface area contributed by atoms with E-state index in [1.165, 1.54) is 38.5 Å². The van der Waals surface area contributed by atoms with Gasteiger partial charge in [0.25, 0.3) is 0 Å². The average molecular weight is 1020 g/mol. The smallest absolute Gasteiger partial charge is 0.472 e. The second kappa shape index (κ2) is 39.6. The number of ether oxygens (including phenoxy) is 2. The molecule has 1 aliphatic rings. The number of aliphatic hydroxyl groups excluding tert-OH is 6. The number of rotatable bonds is 40. The van der Waals surface area contributed by atoms with E-state index in [2.05, 4.69) is 50.3 Å². The largest absolute Gasteiger partial charge is 0.481 e. The van der Waals surface area contributed by atoms with Crippen molar-refractivity contribution in [3.63, 3.8) is 0 Å². The summed E-state index contributed by atoms with van der Waals surface area (Å²) in [5.41, 5.74) is 6.17. The lowest BCUT2D eigenvalue weighted by Gasteiger charge is -2.41. The van der Waals surface area contributed by atoms with Crippen molar-refractivity contribution in [2.75, 3.05) is 19.0 Å². The summed E-state index contributed by atoms with van der Waals surface area (Å²) >= 11 is 1.14. The first-order valence-electron chi connectivity index (χ1n) is 24.7. The van der Waals surface area contributed by atoms with Crippen LogP contribution in [0.1, 0.15) is 142 Å². The number of nitrogens with two attached hydrogens (primary N) is 1. The van der Waals surface area contributed by atoms with Crippen LogP contribution in [-0.4, -0.2) is 138 Å². The number of unbranched alkanes of at least 4 members (excludes halogenated alkanes) is 11. The predicted octanol–water partition coefficient (Wildman–Crippen LogP) is 6.82. The highest BCUT2D eigenvalue weighted by Crippen LogP contribution is 2.47. The highest BCUT2D eigenvalue weighted by atomic mass is 32.2. The van der Waals surface area contributed by atoms with Gasteiger partial charge in [0.05, 0.1) is 12.7 Å². The van der Waals surface area contributed by atoms with E-state index in [0.29, 0.717) is 6.42 Å². The number of carbonyl (C=O) groups excluding carboxylic acids is 2. The molecule has 0 aliphatic heterocycles. The molecule has 0 amide bonds. The van der Waals surface area contributed by atoms with Crippen molar-refractivity contribution in [2.45, 2.75) is 202 Å². The van der Waals surface area contributed by atoms with Crippen LogP contribution in [0.2, 0.25) is 0 Å². The van der Waals surface area contributed by atoms with E-state index in [-0.39, 0.29) is 31.4 Å². The Morgan fingerprint density at radius 2 is 1.20 bits per heavy atom. The van der Waals surface area contributed by atoms with Gasteiger partial charge in [0, 0.05) is 23.8 Å². The number of allylic oxidation sites excluding steroid dienone is 11. The summed E-state index contributed by atoms with van der Waals surface area (Å²) in [5.74, 6) is -2.71. The minimum absolute atomic E-state index is 0.0251. The van der Waals surface area contributed by atoms with Crippen LogP contribution in [0.5, 0.6) is 0 Å². The lowest BCUT2D eigenvalue weighted by Crippen LogP contribution is -2.64. The number of carboxylic acid groups (broad SMARTS) is 1. The third-order valence-electron chi connectivity index (χ3n) is 11.0.